The van der Waals surface area contributed by atoms with Crippen molar-refractivity contribution < 1.29 is 13.2 Å². The molecule has 1 aromatic carbocycles. The summed E-state index contributed by atoms with van der Waals surface area (Å²) in [6, 6.07) is 8.34. The third-order valence-corrected chi connectivity index (χ3v) is 4.95. The first-order chi connectivity index (χ1) is 9.04. The first-order valence-corrected chi connectivity index (χ1v) is 7.82. The van der Waals surface area contributed by atoms with Crippen molar-refractivity contribution in [2.24, 2.45) is 0 Å². The Morgan fingerprint density at radius 2 is 1.84 bits per heavy atom. The van der Waals surface area contributed by atoms with Crippen LogP contribution in [0.4, 0.5) is 0 Å². The normalized spacial score (nSPS) is 15.9. The number of carbonyl (C=O) groups excluding carboxylic acids is 1. The highest BCUT2D eigenvalue weighted by molar-refractivity contribution is 7.91. The summed E-state index contributed by atoms with van der Waals surface area (Å²) >= 11 is 0. The molecule has 0 unspecified atom stereocenters. The van der Waals surface area contributed by atoms with Crippen LogP contribution >= 0.6 is 0 Å². The molecule has 100 valence electrons. The smallest absolute Gasteiger partial charge is 0.182 e. The van der Waals surface area contributed by atoms with E-state index in [0.29, 0.717) is 29.7 Å². The van der Waals surface area contributed by atoms with Crippen LogP contribution in [0.15, 0.2) is 59.0 Å². The summed E-state index contributed by atoms with van der Waals surface area (Å²) in [6.07, 6.45) is 3.07. The zero-order valence-corrected chi connectivity index (χ0v) is 11.4. The second kappa shape index (κ2) is 5.53. The van der Waals surface area contributed by atoms with Crippen LogP contribution in [-0.4, -0.2) is 20.0 Å². The van der Waals surface area contributed by atoms with E-state index >= 15 is 0 Å². The molecule has 19 heavy (non-hydrogen) atoms. The molecule has 0 amide bonds. The average molecular weight is 276 g/mol. The van der Waals surface area contributed by atoms with Gasteiger partial charge in [-0.2, -0.15) is 0 Å². The lowest BCUT2D eigenvalue weighted by molar-refractivity contribution is -0.114. The Morgan fingerprint density at radius 1 is 1.16 bits per heavy atom. The lowest BCUT2D eigenvalue weighted by Crippen LogP contribution is -2.09. The van der Waals surface area contributed by atoms with Gasteiger partial charge in [-0.3, -0.25) is 4.79 Å². The van der Waals surface area contributed by atoms with Crippen molar-refractivity contribution in [3.8, 4) is 0 Å². The summed E-state index contributed by atoms with van der Waals surface area (Å²) < 4.78 is 24.5. The van der Waals surface area contributed by atoms with Gasteiger partial charge in [-0.05, 0) is 36.1 Å². The molecule has 0 fully saturated rings. The molecule has 2 rings (SSSR count). The van der Waals surface area contributed by atoms with Gasteiger partial charge in [0, 0.05) is 6.42 Å². The summed E-state index contributed by atoms with van der Waals surface area (Å²) in [7, 11) is -3.36. The number of carbonyl (C=O) groups is 1. The minimum atomic E-state index is -3.36. The fourth-order valence-electron chi connectivity index (χ4n) is 2.27. The van der Waals surface area contributed by atoms with Crippen LogP contribution in [0.1, 0.15) is 19.3 Å². The zero-order valence-electron chi connectivity index (χ0n) is 10.6. The SMILES string of the molecule is C=CCC1=C(CS(=O)(=O)c2ccccc2)CCC1=O. The number of Topliss-reactive ketones (excluding diaryl/α,β-unsaturated/α-hetero) is 1. The van der Waals surface area contributed by atoms with Crippen LogP contribution in [0.3, 0.4) is 0 Å². The second-order valence-electron chi connectivity index (χ2n) is 4.57. The molecule has 4 heteroatoms. The van der Waals surface area contributed by atoms with E-state index in [1.54, 1.807) is 36.4 Å². The standard InChI is InChI=1S/C15H16O3S/c1-2-6-14-12(9-10-15(14)16)11-19(17,18)13-7-4-3-5-8-13/h2-5,7-8H,1,6,9-11H2. The predicted octanol–water partition coefficient (Wildman–Crippen LogP) is 2.70. The monoisotopic (exact) mass is 276 g/mol. The Labute approximate surface area is 113 Å². The fraction of sp³-hybridized carbons (Fsp3) is 0.267. The van der Waals surface area contributed by atoms with Gasteiger partial charge < -0.3 is 0 Å². The molecule has 1 aromatic rings. The lowest BCUT2D eigenvalue weighted by atomic mass is 10.1. The van der Waals surface area contributed by atoms with Crippen molar-refractivity contribution >= 4 is 15.6 Å². The Balaban J connectivity index is 2.30. The summed E-state index contributed by atoms with van der Waals surface area (Å²) in [6.45, 7) is 3.61. The third kappa shape index (κ3) is 3.01. The average Bonchev–Trinajstić information content (AvgIpc) is 2.73. The molecule has 0 aromatic heterocycles. The van der Waals surface area contributed by atoms with Gasteiger partial charge in [0.1, 0.15) is 0 Å². The van der Waals surface area contributed by atoms with Crippen LogP contribution in [0.25, 0.3) is 0 Å². The molecule has 0 atom stereocenters. The summed E-state index contributed by atoms with van der Waals surface area (Å²) in [4.78, 5) is 12.0. The fourth-order valence-corrected chi connectivity index (χ4v) is 3.78. The van der Waals surface area contributed by atoms with Crippen molar-refractivity contribution in [3.05, 3.63) is 54.1 Å². The molecule has 0 saturated heterocycles. The van der Waals surface area contributed by atoms with Crippen LogP contribution in [0, 0.1) is 0 Å². The molecular formula is C15H16O3S. The predicted molar refractivity (Wildman–Crippen MR) is 74.6 cm³/mol. The van der Waals surface area contributed by atoms with Crippen molar-refractivity contribution in [1.29, 1.82) is 0 Å². The van der Waals surface area contributed by atoms with E-state index in [1.807, 2.05) is 0 Å². The van der Waals surface area contributed by atoms with Gasteiger partial charge in [-0.1, -0.05) is 24.3 Å². The van der Waals surface area contributed by atoms with Crippen LogP contribution in [0.2, 0.25) is 0 Å². The first-order valence-electron chi connectivity index (χ1n) is 6.17. The molecule has 0 heterocycles. The van der Waals surface area contributed by atoms with Gasteiger partial charge >= 0.3 is 0 Å². The molecule has 1 aliphatic rings. The highest BCUT2D eigenvalue weighted by Crippen LogP contribution is 2.28. The maximum Gasteiger partial charge on any atom is 0.182 e. The summed E-state index contributed by atoms with van der Waals surface area (Å²) in [5, 5.41) is 0. The largest absolute Gasteiger partial charge is 0.295 e. The van der Waals surface area contributed by atoms with E-state index < -0.39 is 9.84 Å². The number of benzene rings is 1. The van der Waals surface area contributed by atoms with Crippen LogP contribution < -0.4 is 0 Å². The summed E-state index contributed by atoms with van der Waals surface area (Å²) in [5.74, 6) is -0.00971. The molecular weight excluding hydrogens is 260 g/mol. The molecule has 3 nitrogen and oxygen atoms in total. The second-order valence-corrected chi connectivity index (χ2v) is 6.56. The van der Waals surface area contributed by atoms with Gasteiger partial charge in [0.2, 0.25) is 0 Å². The molecule has 0 bridgehead atoms. The van der Waals surface area contributed by atoms with E-state index in [-0.39, 0.29) is 11.5 Å². The highest BCUT2D eigenvalue weighted by atomic mass is 32.2. The number of ketones is 1. The van der Waals surface area contributed by atoms with E-state index in [0.717, 1.165) is 5.57 Å². The van der Waals surface area contributed by atoms with Gasteiger partial charge in [-0.15, -0.1) is 6.58 Å². The molecule has 0 saturated carbocycles. The molecule has 0 radical (unpaired) electrons. The Hall–Kier alpha value is -1.68. The maximum atomic E-state index is 12.3. The third-order valence-electron chi connectivity index (χ3n) is 3.23. The van der Waals surface area contributed by atoms with Gasteiger partial charge in [-0.25, -0.2) is 8.42 Å². The lowest BCUT2D eigenvalue weighted by Gasteiger charge is -2.07. The molecule has 1 aliphatic carbocycles. The molecule has 0 N–H and O–H groups in total. The first kappa shape index (κ1) is 13.7. The maximum absolute atomic E-state index is 12.3. The Morgan fingerprint density at radius 3 is 2.47 bits per heavy atom. The van der Waals surface area contributed by atoms with Crippen molar-refractivity contribution in [2.45, 2.75) is 24.2 Å². The number of sulfone groups is 1. The van der Waals surface area contributed by atoms with E-state index in [9.17, 15) is 13.2 Å². The van der Waals surface area contributed by atoms with Crippen molar-refractivity contribution in [2.75, 3.05) is 5.75 Å². The quantitative estimate of drug-likeness (QED) is 0.777. The van der Waals surface area contributed by atoms with E-state index in [2.05, 4.69) is 6.58 Å². The van der Waals surface area contributed by atoms with Gasteiger partial charge in [0.25, 0.3) is 0 Å². The van der Waals surface area contributed by atoms with Gasteiger partial charge in [0.15, 0.2) is 15.6 Å². The van der Waals surface area contributed by atoms with E-state index in [4.69, 9.17) is 0 Å². The van der Waals surface area contributed by atoms with Crippen molar-refractivity contribution in [3.63, 3.8) is 0 Å². The number of allylic oxidation sites excluding steroid dienone is 2. The van der Waals surface area contributed by atoms with Crippen LogP contribution in [-0.2, 0) is 14.6 Å². The van der Waals surface area contributed by atoms with E-state index in [1.165, 1.54) is 0 Å². The zero-order chi connectivity index (χ0) is 13.9. The number of rotatable bonds is 5. The van der Waals surface area contributed by atoms with Crippen molar-refractivity contribution in [1.82, 2.24) is 0 Å². The molecule has 0 spiro atoms. The number of hydrogen-bond acceptors (Lipinski definition) is 3. The molecule has 0 aliphatic heterocycles. The Kier molecular flexibility index (Phi) is 4.00. The minimum absolute atomic E-state index is 0.0539. The topological polar surface area (TPSA) is 51.2 Å². The minimum Gasteiger partial charge on any atom is -0.295 e. The highest BCUT2D eigenvalue weighted by Gasteiger charge is 2.26. The number of hydrogen-bond donors (Lipinski definition) is 0. The van der Waals surface area contributed by atoms with Gasteiger partial charge in [0.05, 0.1) is 10.6 Å². The van der Waals surface area contributed by atoms with Crippen LogP contribution in [0.5, 0.6) is 0 Å². The summed E-state index contributed by atoms with van der Waals surface area (Å²) in [5.41, 5.74) is 1.38. The Bertz CT molecular complexity index is 625.